The Morgan fingerprint density at radius 2 is 2.11 bits per heavy atom. The van der Waals surface area contributed by atoms with E-state index in [0.29, 0.717) is 0 Å². The Bertz CT molecular complexity index is 541. The minimum absolute atomic E-state index is 0.232. The molecule has 0 radical (unpaired) electrons. The van der Waals surface area contributed by atoms with E-state index >= 15 is 0 Å². The van der Waals surface area contributed by atoms with Crippen LogP contribution in [0.25, 0.3) is 10.2 Å². The molecular weight excluding hydrogens is 279 g/mol. The second kappa shape index (κ2) is 6.09. The fraction of sp³-hybridized carbons (Fsp3) is 0.500. The van der Waals surface area contributed by atoms with Crippen LogP contribution in [0.4, 0.5) is 9.52 Å². The van der Waals surface area contributed by atoms with E-state index in [1.807, 2.05) is 11.8 Å². The molecule has 0 unspecified atom stereocenters. The van der Waals surface area contributed by atoms with Gasteiger partial charge < -0.3 is 5.32 Å². The lowest BCUT2D eigenvalue weighted by atomic mass is 10.0. The van der Waals surface area contributed by atoms with Crippen molar-refractivity contribution in [1.82, 2.24) is 4.98 Å². The number of nitrogens with zero attached hydrogens (tertiary/aromatic N) is 1. The van der Waals surface area contributed by atoms with E-state index in [0.717, 1.165) is 34.7 Å². The van der Waals surface area contributed by atoms with Crippen LogP contribution in [0.2, 0.25) is 0 Å². The molecule has 0 saturated carbocycles. The standard InChI is InChI=1S/C14H19FN2S2/c1-4-14(5-2,18-3)9-16-13-17-11-8-10(15)6-7-12(11)19-13/h6-8H,4-5,9H2,1-3H3,(H,16,17). The van der Waals surface area contributed by atoms with Crippen molar-refractivity contribution >= 4 is 38.4 Å². The highest BCUT2D eigenvalue weighted by Gasteiger charge is 2.24. The van der Waals surface area contributed by atoms with Crippen molar-refractivity contribution in [3.63, 3.8) is 0 Å². The maximum absolute atomic E-state index is 13.1. The number of thiazole rings is 1. The number of fused-ring (bicyclic) bond motifs is 1. The van der Waals surface area contributed by atoms with Gasteiger partial charge in [-0.1, -0.05) is 25.2 Å². The van der Waals surface area contributed by atoms with Gasteiger partial charge in [-0.15, -0.1) is 0 Å². The first-order chi connectivity index (χ1) is 9.12. The molecular formula is C14H19FN2S2. The average Bonchev–Trinajstić information content (AvgIpc) is 2.83. The number of aromatic nitrogens is 1. The summed E-state index contributed by atoms with van der Waals surface area (Å²) in [6, 6.07) is 4.75. The molecule has 2 aromatic rings. The minimum atomic E-state index is -0.232. The molecule has 0 aliphatic rings. The Kier molecular flexibility index (Phi) is 4.68. The topological polar surface area (TPSA) is 24.9 Å². The van der Waals surface area contributed by atoms with Gasteiger partial charge in [0.1, 0.15) is 5.82 Å². The van der Waals surface area contributed by atoms with Crippen LogP contribution < -0.4 is 5.32 Å². The summed E-state index contributed by atoms with van der Waals surface area (Å²) in [5, 5.41) is 4.29. The van der Waals surface area contributed by atoms with Gasteiger partial charge in [0.2, 0.25) is 0 Å². The minimum Gasteiger partial charge on any atom is -0.360 e. The number of hydrogen-bond donors (Lipinski definition) is 1. The third-order valence-corrected chi connectivity index (χ3v) is 6.21. The summed E-state index contributed by atoms with van der Waals surface area (Å²) in [5.74, 6) is -0.232. The Morgan fingerprint density at radius 3 is 2.74 bits per heavy atom. The first kappa shape index (κ1) is 14.6. The molecule has 0 spiro atoms. The Labute approximate surface area is 121 Å². The zero-order valence-electron chi connectivity index (χ0n) is 11.5. The number of hydrogen-bond acceptors (Lipinski definition) is 4. The van der Waals surface area contributed by atoms with Crippen LogP contribution in [-0.4, -0.2) is 22.5 Å². The van der Waals surface area contributed by atoms with Gasteiger partial charge in [-0.3, -0.25) is 0 Å². The molecule has 104 valence electrons. The molecule has 2 nitrogen and oxygen atoms in total. The molecule has 19 heavy (non-hydrogen) atoms. The van der Waals surface area contributed by atoms with Crippen LogP contribution in [0.1, 0.15) is 26.7 Å². The summed E-state index contributed by atoms with van der Waals surface area (Å²) in [7, 11) is 0. The maximum atomic E-state index is 13.1. The molecule has 2 rings (SSSR count). The third kappa shape index (κ3) is 3.20. The predicted molar refractivity (Wildman–Crippen MR) is 84.9 cm³/mol. The van der Waals surface area contributed by atoms with Crippen molar-refractivity contribution in [3.05, 3.63) is 24.0 Å². The molecule has 1 N–H and O–H groups in total. The van der Waals surface area contributed by atoms with E-state index < -0.39 is 0 Å². The van der Waals surface area contributed by atoms with Crippen LogP contribution in [-0.2, 0) is 0 Å². The highest BCUT2D eigenvalue weighted by Crippen LogP contribution is 2.32. The van der Waals surface area contributed by atoms with Crippen LogP contribution in [0, 0.1) is 5.82 Å². The van der Waals surface area contributed by atoms with Crippen molar-refractivity contribution in [3.8, 4) is 0 Å². The molecule has 0 amide bonds. The third-order valence-electron chi connectivity index (χ3n) is 3.63. The number of thioether (sulfide) groups is 1. The van der Waals surface area contributed by atoms with E-state index in [4.69, 9.17) is 0 Å². The molecule has 0 atom stereocenters. The van der Waals surface area contributed by atoms with E-state index in [2.05, 4.69) is 30.4 Å². The number of anilines is 1. The summed E-state index contributed by atoms with van der Waals surface area (Å²) in [5.41, 5.74) is 0.732. The lowest BCUT2D eigenvalue weighted by Gasteiger charge is -2.29. The fourth-order valence-electron chi connectivity index (χ4n) is 2.07. The zero-order valence-corrected chi connectivity index (χ0v) is 13.1. The summed E-state index contributed by atoms with van der Waals surface area (Å²) < 4.78 is 14.4. The first-order valence-electron chi connectivity index (χ1n) is 6.47. The van der Waals surface area contributed by atoms with Crippen LogP contribution in [0.3, 0.4) is 0 Å². The van der Waals surface area contributed by atoms with Gasteiger partial charge in [0.15, 0.2) is 5.13 Å². The fourth-order valence-corrected chi connectivity index (χ4v) is 3.71. The number of benzene rings is 1. The van der Waals surface area contributed by atoms with Gasteiger partial charge in [-0.05, 0) is 31.2 Å². The molecule has 0 bridgehead atoms. The van der Waals surface area contributed by atoms with Gasteiger partial charge in [0.25, 0.3) is 0 Å². The molecule has 1 aromatic heterocycles. The molecule has 1 heterocycles. The van der Waals surface area contributed by atoms with Crippen molar-refractivity contribution in [1.29, 1.82) is 0 Å². The largest absolute Gasteiger partial charge is 0.360 e. The molecule has 0 saturated heterocycles. The lowest BCUT2D eigenvalue weighted by molar-refractivity contribution is 0.574. The molecule has 1 aromatic carbocycles. The molecule has 0 aliphatic heterocycles. The lowest BCUT2D eigenvalue weighted by Crippen LogP contribution is -2.31. The van der Waals surface area contributed by atoms with Crippen LogP contribution in [0.15, 0.2) is 18.2 Å². The second-order valence-corrected chi connectivity index (χ2v) is 6.88. The summed E-state index contributed by atoms with van der Waals surface area (Å²) in [6.45, 7) is 5.33. The maximum Gasteiger partial charge on any atom is 0.183 e. The molecule has 0 fully saturated rings. The normalized spacial score (nSPS) is 12.0. The predicted octanol–water partition coefficient (Wildman–Crippen LogP) is 4.77. The van der Waals surface area contributed by atoms with Gasteiger partial charge in [0, 0.05) is 17.4 Å². The highest BCUT2D eigenvalue weighted by atomic mass is 32.2. The molecule has 0 aliphatic carbocycles. The van der Waals surface area contributed by atoms with Crippen molar-refractivity contribution < 1.29 is 4.39 Å². The number of nitrogens with one attached hydrogen (secondary N) is 1. The number of rotatable bonds is 6. The summed E-state index contributed by atoms with van der Waals surface area (Å²) in [4.78, 5) is 4.44. The monoisotopic (exact) mass is 298 g/mol. The summed E-state index contributed by atoms with van der Waals surface area (Å²) >= 11 is 3.48. The van der Waals surface area contributed by atoms with Gasteiger partial charge in [-0.2, -0.15) is 11.8 Å². The van der Waals surface area contributed by atoms with Gasteiger partial charge in [0.05, 0.1) is 10.2 Å². The Hall–Kier alpha value is -0.810. The van der Waals surface area contributed by atoms with Crippen LogP contribution >= 0.6 is 23.1 Å². The average molecular weight is 298 g/mol. The van der Waals surface area contributed by atoms with E-state index in [9.17, 15) is 4.39 Å². The summed E-state index contributed by atoms with van der Waals surface area (Å²) in [6.07, 6.45) is 4.40. The first-order valence-corrected chi connectivity index (χ1v) is 8.51. The van der Waals surface area contributed by atoms with Crippen molar-refractivity contribution in [2.24, 2.45) is 0 Å². The van der Waals surface area contributed by atoms with Gasteiger partial charge >= 0.3 is 0 Å². The highest BCUT2D eigenvalue weighted by molar-refractivity contribution is 8.00. The smallest absolute Gasteiger partial charge is 0.183 e. The van der Waals surface area contributed by atoms with E-state index in [1.54, 1.807) is 17.4 Å². The second-order valence-electron chi connectivity index (χ2n) is 4.58. The van der Waals surface area contributed by atoms with Crippen molar-refractivity contribution in [2.75, 3.05) is 18.1 Å². The van der Waals surface area contributed by atoms with E-state index in [1.165, 1.54) is 12.1 Å². The Balaban J connectivity index is 2.13. The number of halogens is 1. The zero-order chi connectivity index (χ0) is 13.9. The van der Waals surface area contributed by atoms with Gasteiger partial charge in [-0.25, -0.2) is 9.37 Å². The van der Waals surface area contributed by atoms with E-state index in [-0.39, 0.29) is 10.6 Å². The van der Waals surface area contributed by atoms with Crippen molar-refractivity contribution in [2.45, 2.75) is 31.4 Å². The SMILES string of the molecule is CCC(CC)(CNc1nc2cc(F)ccc2s1)SC. The Morgan fingerprint density at radius 1 is 1.37 bits per heavy atom. The van der Waals surface area contributed by atoms with Crippen LogP contribution in [0.5, 0.6) is 0 Å². The molecule has 5 heteroatoms. The quantitative estimate of drug-likeness (QED) is 0.831.